The second-order valence-corrected chi connectivity index (χ2v) is 10.0. The van der Waals surface area contributed by atoms with Gasteiger partial charge in [-0.1, -0.05) is 33.3 Å². The van der Waals surface area contributed by atoms with E-state index in [1.165, 1.54) is 0 Å². The Kier molecular flexibility index (Phi) is 8.49. The normalized spacial score (nSPS) is 17.9. The van der Waals surface area contributed by atoms with Crippen LogP contribution >= 0.6 is 0 Å². The van der Waals surface area contributed by atoms with Crippen LogP contribution in [0.1, 0.15) is 50.4 Å². The first-order chi connectivity index (χ1) is 13.7. The topological polar surface area (TPSA) is 90.0 Å². The standard InChI is InChI=1S/C21H31NO6S/c1-4-5-10-22(18-9-11-29(25,26)15-18)20(23)14-28-21(24)17-7-6-8-19(12-17)27-13-16(2)3/h6-8,12,16,18H,4-5,9-11,13-15H2,1-3H3. The van der Waals surface area contributed by atoms with Gasteiger partial charge in [0, 0.05) is 12.6 Å². The van der Waals surface area contributed by atoms with Crippen LogP contribution in [0.2, 0.25) is 0 Å². The van der Waals surface area contributed by atoms with Crippen LogP contribution in [-0.4, -0.2) is 62.5 Å². The molecule has 29 heavy (non-hydrogen) atoms. The quantitative estimate of drug-likeness (QED) is 0.536. The number of hydrogen-bond donors (Lipinski definition) is 0. The monoisotopic (exact) mass is 425 g/mol. The van der Waals surface area contributed by atoms with E-state index in [1.54, 1.807) is 29.2 Å². The van der Waals surface area contributed by atoms with Crippen molar-refractivity contribution < 1.29 is 27.5 Å². The maximum absolute atomic E-state index is 12.7. The van der Waals surface area contributed by atoms with E-state index in [-0.39, 0.29) is 23.5 Å². The lowest BCUT2D eigenvalue weighted by Gasteiger charge is -2.28. The minimum Gasteiger partial charge on any atom is -0.493 e. The Balaban J connectivity index is 1.96. The van der Waals surface area contributed by atoms with Crippen LogP contribution in [0.4, 0.5) is 0 Å². The van der Waals surface area contributed by atoms with Gasteiger partial charge in [0.1, 0.15) is 5.75 Å². The predicted octanol–water partition coefficient (Wildman–Crippen LogP) is 2.69. The van der Waals surface area contributed by atoms with Gasteiger partial charge >= 0.3 is 5.97 Å². The van der Waals surface area contributed by atoms with Crippen molar-refractivity contribution in [3.05, 3.63) is 29.8 Å². The number of unbranched alkanes of at least 4 members (excludes halogenated alkanes) is 1. The summed E-state index contributed by atoms with van der Waals surface area (Å²) in [4.78, 5) is 26.6. The van der Waals surface area contributed by atoms with E-state index in [2.05, 4.69) is 0 Å². The Morgan fingerprint density at radius 1 is 1.28 bits per heavy atom. The average Bonchev–Trinajstić information content (AvgIpc) is 3.04. The summed E-state index contributed by atoms with van der Waals surface area (Å²) in [7, 11) is -3.11. The fraction of sp³-hybridized carbons (Fsp3) is 0.619. The second kappa shape index (κ2) is 10.6. The smallest absolute Gasteiger partial charge is 0.338 e. The van der Waals surface area contributed by atoms with E-state index in [1.807, 2.05) is 20.8 Å². The average molecular weight is 426 g/mol. The lowest BCUT2D eigenvalue weighted by molar-refractivity contribution is -0.136. The Hall–Kier alpha value is -2.09. The molecule has 2 rings (SSSR count). The van der Waals surface area contributed by atoms with Gasteiger partial charge in [0.05, 0.1) is 23.7 Å². The molecule has 0 bridgehead atoms. The molecule has 8 heteroatoms. The molecule has 0 spiro atoms. The number of benzene rings is 1. The minimum absolute atomic E-state index is 0.0222. The summed E-state index contributed by atoms with van der Waals surface area (Å²) in [5.41, 5.74) is 0.308. The van der Waals surface area contributed by atoms with Crippen molar-refractivity contribution in [2.24, 2.45) is 5.92 Å². The van der Waals surface area contributed by atoms with Crippen LogP contribution in [0.15, 0.2) is 24.3 Å². The second-order valence-electron chi connectivity index (χ2n) is 7.81. The van der Waals surface area contributed by atoms with Gasteiger partial charge in [-0.3, -0.25) is 4.79 Å². The summed E-state index contributed by atoms with van der Waals surface area (Å²) in [5, 5.41) is 0. The SMILES string of the molecule is CCCCN(C(=O)COC(=O)c1cccc(OCC(C)C)c1)C1CCS(=O)(=O)C1. The number of amides is 1. The summed E-state index contributed by atoms with van der Waals surface area (Å²) in [5.74, 6) is 0.0307. The number of esters is 1. The third-order valence-corrected chi connectivity index (χ3v) is 6.45. The van der Waals surface area contributed by atoms with Crippen molar-refractivity contribution in [3.8, 4) is 5.75 Å². The number of nitrogens with zero attached hydrogens (tertiary/aromatic N) is 1. The molecule has 1 aromatic rings. The van der Waals surface area contributed by atoms with E-state index >= 15 is 0 Å². The van der Waals surface area contributed by atoms with Crippen LogP contribution in [0.25, 0.3) is 0 Å². The predicted molar refractivity (Wildman–Crippen MR) is 111 cm³/mol. The van der Waals surface area contributed by atoms with Crippen molar-refractivity contribution in [2.75, 3.05) is 31.3 Å². The molecule has 0 saturated carbocycles. The zero-order chi connectivity index (χ0) is 21.4. The number of sulfone groups is 1. The van der Waals surface area contributed by atoms with E-state index in [0.29, 0.717) is 36.8 Å². The molecular formula is C21H31NO6S. The highest BCUT2D eigenvalue weighted by atomic mass is 32.2. The van der Waals surface area contributed by atoms with E-state index in [4.69, 9.17) is 9.47 Å². The molecule has 0 N–H and O–H groups in total. The summed E-state index contributed by atoms with van der Waals surface area (Å²) in [6.45, 7) is 6.66. The third kappa shape index (κ3) is 7.34. The van der Waals surface area contributed by atoms with Crippen LogP contribution in [0, 0.1) is 5.92 Å². The fourth-order valence-electron chi connectivity index (χ4n) is 3.13. The first-order valence-corrected chi connectivity index (χ1v) is 11.9. The van der Waals surface area contributed by atoms with Crippen molar-refractivity contribution in [2.45, 2.75) is 46.1 Å². The Morgan fingerprint density at radius 3 is 2.66 bits per heavy atom. The van der Waals surface area contributed by atoms with Crippen LogP contribution < -0.4 is 4.74 Å². The van der Waals surface area contributed by atoms with Crippen LogP contribution in [0.3, 0.4) is 0 Å². The summed E-state index contributed by atoms with van der Waals surface area (Å²) < 4.78 is 34.4. The Labute approximate surface area is 173 Å². The van der Waals surface area contributed by atoms with Crippen molar-refractivity contribution in [3.63, 3.8) is 0 Å². The molecule has 1 unspecified atom stereocenters. The first-order valence-electron chi connectivity index (χ1n) is 10.1. The van der Waals surface area contributed by atoms with Crippen molar-refractivity contribution in [1.82, 2.24) is 4.90 Å². The van der Waals surface area contributed by atoms with Crippen LogP contribution in [-0.2, 0) is 19.4 Å². The summed E-state index contributed by atoms with van der Waals surface area (Å²) >= 11 is 0. The summed E-state index contributed by atoms with van der Waals surface area (Å²) in [6, 6.07) is 6.31. The highest BCUT2D eigenvalue weighted by Gasteiger charge is 2.34. The highest BCUT2D eigenvalue weighted by Crippen LogP contribution is 2.19. The minimum atomic E-state index is -3.11. The number of carbonyl (C=O) groups excluding carboxylic acids is 2. The van der Waals surface area contributed by atoms with Gasteiger partial charge < -0.3 is 14.4 Å². The van der Waals surface area contributed by atoms with Gasteiger partial charge in [0.25, 0.3) is 5.91 Å². The molecule has 1 atom stereocenters. The van der Waals surface area contributed by atoms with E-state index < -0.39 is 22.4 Å². The molecule has 162 valence electrons. The molecule has 1 aliphatic rings. The van der Waals surface area contributed by atoms with Gasteiger partial charge in [-0.15, -0.1) is 0 Å². The molecule has 0 radical (unpaired) electrons. The van der Waals surface area contributed by atoms with Crippen molar-refractivity contribution >= 4 is 21.7 Å². The van der Waals surface area contributed by atoms with Gasteiger partial charge in [-0.2, -0.15) is 0 Å². The summed E-state index contributed by atoms with van der Waals surface area (Å²) in [6.07, 6.45) is 2.08. The van der Waals surface area contributed by atoms with Gasteiger partial charge in [-0.05, 0) is 37.0 Å². The number of rotatable bonds is 10. The Bertz CT molecular complexity index is 805. The lowest BCUT2D eigenvalue weighted by atomic mass is 10.2. The first kappa shape index (κ1) is 23.2. The van der Waals surface area contributed by atoms with Gasteiger partial charge in [0.2, 0.25) is 0 Å². The maximum Gasteiger partial charge on any atom is 0.338 e. The molecule has 1 fully saturated rings. The molecule has 1 aromatic carbocycles. The molecule has 0 aliphatic carbocycles. The molecule has 1 amide bonds. The fourth-order valence-corrected chi connectivity index (χ4v) is 4.86. The zero-order valence-corrected chi connectivity index (χ0v) is 18.2. The van der Waals surface area contributed by atoms with Gasteiger partial charge in [0.15, 0.2) is 16.4 Å². The molecule has 1 heterocycles. The molecule has 0 aromatic heterocycles. The van der Waals surface area contributed by atoms with Crippen LogP contribution in [0.5, 0.6) is 5.75 Å². The maximum atomic E-state index is 12.7. The van der Waals surface area contributed by atoms with E-state index in [0.717, 1.165) is 12.8 Å². The Morgan fingerprint density at radius 2 is 2.03 bits per heavy atom. The number of carbonyl (C=O) groups is 2. The highest BCUT2D eigenvalue weighted by molar-refractivity contribution is 7.91. The van der Waals surface area contributed by atoms with Crippen molar-refractivity contribution in [1.29, 1.82) is 0 Å². The van der Waals surface area contributed by atoms with E-state index in [9.17, 15) is 18.0 Å². The number of hydrogen-bond acceptors (Lipinski definition) is 6. The third-order valence-electron chi connectivity index (χ3n) is 4.70. The van der Waals surface area contributed by atoms with Gasteiger partial charge in [-0.25, -0.2) is 13.2 Å². The molecule has 7 nitrogen and oxygen atoms in total. The number of ether oxygens (including phenoxy) is 2. The lowest BCUT2D eigenvalue weighted by Crippen LogP contribution is -2.43. The molecular weight excluding hydrogens is 394 g/mol. The molecule has 1 saturated heterocycles. The zero-order valence-electron chi connectivity index (χ0n) is 17.4. The molecule has 1 aliphatic heterocycles. The largest absolute Gasteiger partial charge is 0.493 e.